The van der Waals surface area contributed by atoms with Crippen LogP contribution in [0, 0.1) is 17.2 Å². The molecule has 0 unspecified atom stereocenters. The van der Waals surface area contributed by atoms with Crippen molar-refractivity contribution in [3.05, 3.63) is 11.8 Å². The molecule has 2 aliphatic rings. The van der Waals surface area contributed by atoms with E-state index in [0.29, 0.717) is 6.42 Å². The lowest BCUT2D eigenvalue weighted by Gasteiger charge is -2.28. The third-order valence-corrected chi connectivity index (χ3v) is 2.70. The van der Waals surface area contributed by atoms with E-state index in [1.54, 1.807) is 6.08 Å². The van der Waals surface area contributed by atoms with E-state index in [-0.39, 0.29) is 24.0 Å². The Morgan fingerprint density at radius 2 is 2.50 bits per heavy atom. The van der Waals surface area contributed by atoms with Gasteiger partial charge in [-0.25, -0.2) is 9.69 Å². The molecule has 16 heavy (non-hydrogen) atoms. The summed E-state index contributed by atoms with van der Waals surface area (Å²) in [5, 5.41) is 8.70. The van der Waals surface area contributed by atoms with Gasteiger partial charge in [0.2, 0.25) is 5.91 Å². The van der Waals surface area contributed by atoms with Crippen molar-refractivity contribution < 1.29 is 19.1 Å². The average molecular weight is 222 g/mol. The van der Waals surface area contributed by atoms with Gasteiger partial charge in [-0.1, -0.05) is 0 Å². The van der Waals surface area contributed by atoms with Crippen molar-refractivity contribution in [3.63, 3.8) is 0 Å². The molecule has 0 bridgehead atoms. The van der Waals surface area contributed by atoms with Gasteiger partial charge in [0.05, 0.1) is 7.11 Å². The molecule has 0 spiro atoms. The molecular weight excluding hydrogens is 212 g/mol. The van der Waals surface area contributed by atoms with Crippen molar-refractivity contribution in [2.45, 2.75) is 19.1 Å². The van der Waals surface area contributed by atoms with Crippen LogP contribution < -0.4 is 0 Å². The lowest BCUT2D eigenvalue weighted by molar-refractivity contribution is -0.131. The summed E-state index contributed by atoms with van der Waals surface area (Å²) in [4.78, 5) is 23.9. The first-order chi connectivity index (χ1) is 7.67. The Balaban J connectivity index is 2.23. The van der Waals surface area contributed by atoms with E-state index in [1.165, 1.54) is 7.11 Å². The topological polar surface area (TPSA) is 79.6 Å². The van der Waals surface area contributed by atoms with Crippen LogP contribution >= 0.6 is 0 Å². The van der Waals surface area contributed by atoms with Crippen LogP contribution in [0.15, 0.2) is 11.8 Å². The number of hydrogen-bond donors (Lipinski definition) is 0. The first-order valence-corrected chi connectivity index (χ1v) is 4.84. The molecule has 0 saturated carbocycles. The van der Waals surface area contributed by atoms with Crippen LogP contribution in [0.5, 0.6) is 0 Å². The first kappa shape index (κ1) is 10.5. The number of likely N-dealkylation sites (tertiary alicyclic amines) is 1. The molecule has 0 radical (unpaired) electrons. The number of carbonyl (C=O) groups excluding carboxylic acids is 2. The summed E-state index contributed by atoms with van der Waals surface area (Å²) in [6.45, 7) is 0. The second kappa shape index (κ2) is 3.85. The fourth-order valence-electron chi connectivity index (χ4n) is 1.94. The zero-order valence-electron chi connectivity index (χ0n) is 8.67. The van der Waals surface area contributed by atoms with E-state index >= 15 is 0 Å². The summed E-state index contributed by atoms with van der Waals surface area (Å²) < 4.78 is 9.78. The minimum atomic E-state index is -0.739. The van der Waals surface area contributed by atoms with Gasteiger partial charge in [0.15, 0.2) is 12.0 Å². The Bertz CT molecular complexity index is 410. The highest BCUT2D eigenvalue weighted by molar-refractivity contribution is 5.94. The van der Waals surface area contributed by atoms with E-state index in [2.05, 4.69) is 4.74 Å². The van der Waals surface area contributed by atoms with Crippen LogP contribution in [0.3, 0.4) is 0 Å². The van der Waals surface area contributed by atoms with Gasteiger partial charge in [0, 0.05) is 12.3 Å². The molecule has 84 valence electrons. The number of nitriles is 1. The standard InChI is InChI=1S/C10H10N2O4/c1-15-10(14)12-8(13)4-6-2-3-7(5-11)16-9(6)12/h3,6,9H,2,4H2,1H3/t6-,9-/m0/s1. The number of methoxy groups -OCH3 is 1. The highest BCUT2D eigenvalue weighted by atomic mass is 16.6. The highest BCUT2D eigenvalue weighted by Gasteiger charge is 2.47. The third kappa shape index (κ3) is 1.50. The largest absolute Gasteiger partial charge is 0.460 e. The summed E-state index contributed by atoms with van der Waals surface area (Å²) in [5.41, 5.74) is 0. The van der Waals surface area contributed by atoms with Gasteiger partial charge < -0.3 is 9.47 Å². The third-order valence-electron chi connectivity index (χ3n) is 2.70. The zero-order valence-corrected chi connectivity index (χ0v) is 8.67. The maximum Gasteiger partial charge on any atom is 0.419 e. The summed E-state index contributed by atoms with van der Waals surface area (Å²) in [6.07, 6.45) is 1.01. The number of ether oxygens (including phenoxy) is 2. The number of carbonyl (C=O) groups is 2. The van der Waals surface area contributed by atoms with Crippen LogP contribution in [0.2, 0.25) is 0 Å². The van der Waals surface area contributed by atoms with E-state index in [0.717, 1.165) is 4.90 Å². The zero-order chi connectivity index (χ0) is 11.7. The molecule has 0 aromatic rings. The molecule has 0 aromatic heterocycles. The van der Waals surface area contributed by atoms with Crippen molar-refractivity contribution in [1.82, 2.24) is 4.90 Å². The van der Waals surface area contributed by atoms with Crippen molar-refractivity contribution >= 4 is 12.0 Å². The SMILES string of the molecule is COC(=O)N1C(=O)C[C@@H]2CC=C(C#N)O[C@@H]21. The second-order valence-corrected chi connectivity index (χ2v) is 3.62. The second-order valence-electron chi connectivity index (χ2n) is 3.62. The van der Waals surface area contributed by atoms with E-state index in [9.17, 15) is 9.59 Å². The molecule has 2 heterocycles. The van der Waals surface area contributed by atoms with Crippen molar-refractivity contribution in [2.24, 2.45) is 5.92 Å². The Labute approximate surface area is 92.0 Å². The van der Waals surface area contributed by atoms with Crippen LogP contribution in [-0.4, -0.2) is 30.2 Å². The monoisotopic (exact) mass is 222 g/mol. The molecule has 6 nitrogen and oxygen atoms in total. The van der Waals surface area contributed by atoms with Crippen molar-refractivity contribution in [1.29, 1.82) is 5.26 Å². The summed E-state index contributed by atoms with van der Waals surface area (Å²) in [7, 11) is 1.20. The number of nitrogens with zero attached hydrogens (tertiary/aromatic N) is 2. The Morgan fingerprint density at radius 1 is 1.75 bits per heavy atom. The number of allylic oxidation sites excluding steroid dienone is 2. The van der Waals surface area contributed by atoms with Gasteiger partial charge in [-0.15, -0.1) is 0 Å². The smallest absolute Gasteiger partial charge is 0.419 e. The maximum atomic E-state index is 11.6. The molecule has 6 heteroatoms. The van der Waals surface area contributed by atoms with Gasteiger partial charge in [0.1, 0.15) is 6.07 Å². The van der Waals surface area contributed by atoms with E-state index in [4.69, 9.17) is 10.00 Å². The minimum absolute atomic E-state index is 0.0799. The number of amides is 2. The molecule has 0 aliphatic carbocycles. The predicted octanol–water partition coefficient (Wildman–Crippen LogP) is 0.755. The summed E-state index contributed by atoms with van der Waals surface area (Å²) >= 11 is 0. The lowest BCUT2D eigenvalue weighted by atomic mass is 10.0. The Morgan fingerprint density at radius 3 is 3.12 bits per heavy atom. The maximum absolute atomic E-state index is 11.6. The van der Waals surface area contributed by atoms with Gasteiger partial charge in [-0.05, 0) is 12.5 Å². The van der Waals surface area contributed by atoms with Gasteiger partial charge >= 0.3 is 6.09 Å². The van der Waals surface area contributed by atoms with Crippen molar-refractivity contribution in [2.75, 3.05) is 7.11 Å². The fraction of sp³-hybridized carbons (Fsp3) is 0.500. The first-order valence-electron chi connectivity index (χ1n) is 4.84. The van der Waals surface area contributed by atoms with Crippen LogP contribution in [0.4, 0.5) is 4.79 Å². The number of imide groups is 1. The number of rotatable bonds is 0. The van der Waals surface area contributed by atoms with Crippen LogP contribution in [0.1, 0.15) is 12.8 Å². The molecular formula is C10H10N2O4. The number of fused-ring (bicyclic) bond motifs is 1. The molecule has 2 amide bonds. The van der Waals surface area contributed by atoms with Crippen LogP contribution in [0.25, 0.3) is 0 Å². The van der Waals surface area contributed by atoms with Crippen molar-refractivity contribution in [3.8, 4) is 6.07 Å². The molecule has 0 N–H and O–H groups in total. The Hall–Kier alpha value is -2.03. The normalized spacial score (nSPS) is 27.6. The lowest BCUT2D eigenvalue weighted by Crippen LogP contribution is -2.42. The molecule has 2 aliphatic heterocycles. The summed E-state index contributed by atoms with van der Waals surface area (Å²) in [6, 6.07) is 1.86. The molecule has 2 atom stereocenters. The Kier molecular flexibility index (Phi) is 2.52. The van der Waals surface area contributed by atoms with Gasteiger partial charge in [-0.2, -0.15) is 5.26 Å². The van der Waals surface area contributed by atoms with E-state index in [1.807, 2.05) is 6.07 Å². The summed E-state index contributed by atoms with van der Waals surface area (Å²) in [5.74, 6) is -0.261. The minimum Gasteiger partial charge on any atom is -0.460 e. The van der Waals surface area contributed by atoms with Gasteiger partial charge in [-0.3, -0.25) is 4.79 Å². The van der Waals surface area contributed by atoms with Gasteiger partial charge in [0.25, 0.3) is 0 Å². The molecule has 0 aromatic carbocycles. The quantitative estimate of drug-likeness (QED) is 0.604. The number of hydrogen-bond acceptors (Lipinski definition) is 5. The highest BCUT2D eigenvalue weighted by Crippen LogP contribution is 2.34. The van der Waals surface area contributed by atoms with Crippen LogP contribution in [-0.2, 0) is 14.3 Å². The fourth-order valence-corrected chi connectivity index (χ4v) is 1.94. The molecule has 1 saturated heterocycles. The molecule has 1 fully saturated rings. The predicted molar refractivity (Wildman–Crippen MR) is 50.5 cm³/mol. The van der Waals surface area contributed by atoms with E-state index < -0.39 is 12.3 Å². The molecule has 2 rings (SSSR count). The average Bonchev–Trinajstić information content (AvgIpc) is 2.63.